The average Bonchev–Trinajstić information content (AvgIpc) is 3.13. The van der Waals surface area contributed by atoms with Crippen LogP contribution in [-0.2, 0) is 11.3 Å². The smallest absolute Gasteiger partial charge is 0.161 e. The molecule has 1 saturated heterocycles. The molecule has 0 aromatic heterocycles. The number of rotatable bonds is 7. The molecule has 5 nitrogen and oxygen atoms in total. The Morgan fingerprint density at radius 1 is 0.750 bits per heavy atom. The van der Waals surface area contributed by atoms with Gasteiger partial charge in [0.05, 0.1) is 26.4 Å². The van der Waals surface area contributed by atoms with Gasteiger partial charge in [-0.2, -0.15) is 0 Å². The van der Waals surface area contributed by atoms with Crippen molar-refractivity contribution >= 4 is 0 Å². The summed E-state index contributed by atoms with van der Waals surface area (Å²) in [5.74, 6) is 2.56. The minimum atomic E-state index is -0.0931. The van der Waals surface area contributed by atoms with Crippen LogP contribution in [0.3, 0.4) is 0 Å². The van der Waals surface area contributed by atoms with E-state index < -0.39 is 0 Å². The lowest BCUT2D eigenvalue weighted by Gasteiger charge is -2.19. The topological polar surface area (TPSA) is 57.2 Å². The van der Waals surface area contributed by atoms with E-state index in [1.54, 1.807) is 20.3 Å². The fraction of sp³-hybridized carbons (Fsp3) is 0.333. The monoisotopic (exact) mass is 434 g/mol. The zero-order chi connectivity index (χ0) is 22.7. The molecule has 4 rings (SSSR count). The first-order valence-electron chi connectivity index (χ1n) is 10.9. The third-order valence-corrected chi connectivity index (χ3v) is 6.36. The summed E-state index contributed by atoms with van der Waals surface area (Å²) < 4.78 is 23.4. The summed E-state index contributed by atoms with van der Waals surface area (Å²) in [5, 5.41) is 9.93. The third kappa shape index (κ3) is 4.39. The van der Waals surface area contributed by atoms with Crippen molar-refractivity contribution in [3.8, 4) is 23.0 Å². The second kappa shape index (κ2) is 9.53. The van der Waals surface area contributed by atoms with Crippen LogP contribution in [0.5, 0.6) is 23.0 Å². The lowest BCUT2D eigenvalue weighted by molar-refractivity contribution is 0.0288. The summed E-state index contributed by atoms with van der Waals surface area (Å²) in [6, 6.07) is 21.5. The van der Waals surface area contributed by atoms with Gasteiger partial charge in [-0.3, -0.25) is 0 Å². The van der Waals surface area contributed by atoms with Crippen molar-refractivity contribution in [2.45, 2.75) is 32.7 Å². The Morgan fingerprint density at radius 3 is 1.97 bits per heavy atom. The van der Waals surface area contributed by atoms with E-state index in [1.807, 2.05) is 54.6 Å². The van der Waals surface area contributed by atoms with Crippen molar-refractivity contribution in [1.82, 2.24) is 0 Å². The lowest BCUT2D eigenvalue weighted by atomic mass is 9.85. The number of aromatic hydroxyl groups is 1. The van der Waals surface area contributed by atoms with Gasteiger partial charge in [0.25, 0.3) is 0 Å². The number of phenolic OH excluding ortho intramolecular Hbond substituents is 1. The lowest BCUT2D eigenvalue weighted by Crippen LogP contribution is -2.10. The van der Waals surface area contributed by atoms with Crippen molar-refractivity contribution in [2.24, 2.45) is 11.8 Å². The molecule has 1 aliphatic heterocycles. The van der Waals surface area contributed by atoms with Crippen LogP contribution in [0.25, 0.3) is 0 Å². The van der Waals surface area contributed by atoms with Gasteiger partial charge in [-0.25, -0.2) is 0 Å². The maximum atomic E-state index is 9.93. The first-order chi connectivity index (χ1) is 15.5. The summed E-state index contributed by atoms with van der Waals surface area (Å²) in [4.78, 5) is 0. The molecule has 1 N–H and O–H groups in total. The van der Waals surface area contributed by atoms with E-state index >= 15 is 0 Å². The molecule has 0 amide bonds. The van der Waals surface area contributed by atoms with Gasteiger partial charge in [-0.05, 0) is 52.8 Å². The van der Waals surface area contributed by atoms with Gasteiger partial charge < -0.3 is 24.1 Å². The standard InChI is InChI=1S/C27H30O5/c1-17-18(2)27(32-26(17)20-10-12-22(28)24(14-20)29-3)21-11-13-23(25(15-21)30-4)31-16-19-8-6-5-7-9-19/h5-15,17-18,26-28H,16H2,1-4H3/t17-,18-,26+,27+/m1/s1. The van der Waals surface area contributed by atoms with Gasteiger partial charge in [0.15, 0.2) is 23.0 Å². The van der Waals surface area contributed by atoms with Crippen LogP contribution in [0.15, 0.2) is 66.7 Å². The van der Waals surface area contributed by atoms with Gasteiger partial charge in [0.2, 0.25) is 0 Å². The van der Waals surface area contributed by atoms with Gasteiger partial charge in [-0.15, -0.1) is 0 Å². The molecule has 5 heteroatoms. The minimum Gasteiger partial charge on any atom is -0.504 e. The molecule has 4 atom stereocenters. The molecule has 32 heavy (non-hydrogen) atoms. The van der Waals surface area contributed by atoms with Crippen LogP contribution >= 0.6 is 0 Å². The molecule has 0 radical (unpaired) electrons. The largest absolute Gasteiger partial charge is 0.504 e. The molecule has 1 heterocycles. The molecule has 3 aromatic carbocycles. The summed E-state index contributed by atoms with van der Waals surface area (Å²) in [5.41, 5.74) is 3.16. The maximum absolute atomic E-state index is 9.93. The molecule has 0 unspecified atom stereocenters. The van der Waals surface area contributed by atoms with Crippen molar-refractivity contribution in [3.05, 3.63) is 83.4 Å². The Kier molecular flexibility index (Phi) is 6.56. The predicted octanol–water partition coefficient (Wildman–Crippen LogP) is 6.07. The van der Waals surface area contributed by atoms with Crippen LogP contribution in [0.4, 0.5) is 0 Å². The Bertz CT molecular complexity index is 1050. The van der Waals surface area contributed by atoms with E-state index in [0.717, 1.165) is 16.7 Å². The van der Waals surface area contributed by atoms with Crippen molar-refractivity contribution < 1.29 is 24.1 Å². The SMILES string of the molecule is COc1cc([C@H]2O[C@H](c3ccc(OCc4ccccc4)c(OC)c3)[C@H](C)[C@H]2C)ccc1O. The molecule has 1 fully saturated rings. The Morgan fingerprint density at radius 2 is 1.34 bits per heavy atom. The normalized spacial score (nSPS) is 22.5. The fourth-order valence-corrected chi connectivity index (χ4v) is 4.31. The maximum Gasteiger partial charge on any atom is 0.161 e. The Hall–Kier alpha value is -3.18. The first-order valence-corrected chi connectivity index (χ1v) is 10.9. The molecular formula is C27H30O5. The highest BCUT2D eigenvalue weighted by atomic mass is 16.5. The van der Waals surface area contributed by atoms with Crippen molar-refractivity contribution in [3.63, 3.8) is 0 Å². The van der Waals surface area contributed by atoms with Gasteiger partial charge in [0, 0.05) is 0 Å². The van der Waals surface area contributed by atoms with Gasteiger partial charge >= 0.3 is 0 Å². The van der Waals surface area contributed by atoms with Crippen LogP contribution < -0.4 is 14.2 Å². The number of phenols is 1. The summed E-state index contributed by atoms with van der Waals surface area (Å²) in [6.07, 6.45) is -0.170. The number of methoxy groups -OCH3 is 2. The van der Waals surface area contributed by atoms with E-state index in [1.165, 1.54) is 0 Å². The molecule has 3 aromatic rings. The van der Waals surface area contributed by atoms with Crippen molar-refractivity contribution in [1.29, 1.82) is 0 Å². The van der Waals surface area contributed by atoms with E-state index in [9.17, 15) is 5.11 Å². The zero-order valence-electron chi connectivity index (χ0n) is 18.9. The molecule has 0 saturated carbocycles. The zero-order valence-corrected chi connectivity index (χ0v) is 18.9. The molecule has 1 aliphatic rings. The van der Waals surface area contributed by atoms with Gasteiger partial charge in [0.1, 0.15) is 6.61 Å². The quantitative estimate of drug-likeness (QED) is 0.489. The number of hydrogen-bond acceptors (Lipinski definition) is 5. The minimum absolute atomic E-state index is 0.0770. The highest BCUT2D eigenvalue weighted by Gasteiger charge is 2.41. The second-order valence-electron chi connectivity index (χ2n) is 8.31. The molecule has 0 aliphatic carbocycles. The van der Waals surface area contributed by atoms with E-state index in [0.29, 0.717) is 29.8 Å². The highest BCUT2D eigenvalue weighted by Crippen LogP contribution is 2.50. The van der Waals surface area contributed by atoms with E-state index in [4.69, 9.17) is 18.9 Å². The highest BCUT2D eigenvalue weighted by molar-refractivity contribution is 5.45. The van der Waals surface area contributed by atoms with Gasteiger partial charge in [-0.1, -0.05) is 56.3 Å². The van der Waals surface area contributed by atoms with Crippen LogP contribution in [0, 0.1) is 11.8 Å². The number of hydrogen-bond donors (Lipinski definition) is 1. The molecule has 0 bridgehead atoms. The predicted molar refractivity (Wildman–Crippen MR) is 123 cm³/mol. The average molecular weight is 435 g/mol. The van der Waals surface area contributed by atoms with E-state index in [2.05, 4.69) is 19.9 Å². The number of benzene rings is 3. The summed E-state index contributed by atoms with van der Waals surface area (Å²) in [7, 11) is 3.21. The van der Waals surface area contributed by atoms with E-state index in [-0.39, 0.29) is 23.9 Å². The summed E-state index contributed by atoms with van der Waals surface area (Å²) >= 11 is 0. The molecule has 168 valence electrons. The fourth-order valence-electron chi connectivity index (χ4n) is 4.31. The third-order valence-electron chi connectivity index (χ3n) is 6.36. The van der Waals surface area contributed by atoms with Crippen LogP contribution in [0.2, 0.25) is 0 Å². The van der Waals surface area contributed by atoms with Crippen LogP contribution in [0.1, 0.15) is 42.7 Å². The number of ether oxygens (including phenoxy) is 4. The first kappa shape index (κ1) is 22.0. The van der Waals surface area contributed by atoms with Crippen molar-refractivity contribution in [2.75, 3.05) is 14.2 Å². The van der Waals surface area contributed by atoms with Crippen LogP contribution in [-0.4, -0.2) is 19.3 Å². The molecule has 0 spiro atoms. The Balaban J connectivity index is 1.54. The molecular weight excluding hydrogens is 404 g/mol. The summed E-state index contributed by atoms with van der Waals surface area (Å²) in [6.45, 7) is 4.89. The second-order valence-corrected chi connectivity index (χ2v) is 8.31. The Labute approximate surface area is 189 Å².